The molecule has 8 heteroatoms. The third-order valence-corrected chi connectivity index (χ3v) is 6.32. The average Bonchev–Trinajstić information content (AvgIpc) is 3.36. The van der Waals surface area contributed by atoms with Crippen LogP contribution in [0.15, 0.2) is 83.0 Å². The van der Waals surface area contributed by atoms with Crippen molar-refractivity contribution in [2.24, 2.45) is 0 Å². The summed E-state index contributed by atoms with van der Waals surface area (Å²) in [5.74, 6) is 1.32. The third-order valence-electron chi connectivity index (χ3n) is 6.02. The van der Waals surface area contributed by atoms with Gasteiger partial charge >= 0.3 is 0 Å². The van der Waals surface area contributed by atoms with E-state index in [1.165, 1.54) is 6.07 Å². The SMILES string of the molecule is COc1ccc(-c2noc(C3=C(C)N(c4ccc(F)c(C)c4)C(=S)NC3c3ccccc3)n2)cc1. The standard InChI is InChI=1S/C27H23FN4O2S/c1-16-15-20(11-14-22(16)28)32-17(2)23(24(29-27(32)35)18-7-5-4-6-8-18)26-30-25(31-34-26)19-9-12-21(33-3)13-10-19/h4-15,24H,1-3H3,(H,29,35). The third kappa shape index (κ3) is 4.28. The molecule has 0 saturated heterocycles. The number of hydrogen-bond acceptors (Lipinski definition) is 5. The van der Waals surface area contributed by atoms with Gasteiger partial charge in [-0.2, -0.15) is 4.98 Å². The Bertz CT molecular complexity index is 1420. The maximum absolute atomic E-state index is 14.0. The highest BCUT2D eigenvalue weighted by molar-refractivity contribution is 7.80. The van der Waals surface area contributed by atoms with Crippen LogP contribution < -0.4 is 15.0 Å². The van der Waals surface area contributed by atoms with Gasteiger partial charge in [-0.1, -0.05) is 35.5 Å². The fourth-order valence-electron chi connectivity index (χ4n) is 4.18. The van der Waals surface area contributed by atoms with Crippen LogP contribution in [-0.4, -0.2) is 22.4 Å². The highest BCUT2D eigenvalue weighted by Gasteiger charge is 2.34. The first-order valence-electron chi connectivity index (χ1n) is 11.1. The number of aromatic nitrogens is 2. The molecular formula is C27H23FN4O2S. The van der Waals surface area contributed by atoms with Gasteiger partial charge in [0.1, 0.15) is 11.6 Å². The molecule has 1 atom stereocenters. The Kier molecular flexibility index (Phi) is 6.05. The lowest BCUT2D eigenvalue weighted by atomic mass is 9.94. The average molecular weight is 487 g/mol. The lowest BCUT2D eigenvalue weighted by Gasteiger charge is -2.37. The van der Waals surface area contributed by atoms with E-state index in [0.29, 0.717) is 22.4 Å². The summed E-state index contributed by atoms with van der Waals surface area (Å²) in [4.78, 5) is 6.59. The van der Waals surface area contributed by atoms with Gasteiger partial charge in [-0.15, -0.1) is 0 Å². The van der Waals surface area contributed by atoms with Crippen molar-refractivity contribution in [3.8, 4) is 17.1 Å². The first kappa shape index (κ1) is 22.7. The second-order valence-electron chi connectivity index (χ2n) is 8.21. The molecule has 1 aromatic heterocycles. The number of nitrogens with one attached hydrogen (secondary N) is 1. The van der Waals surface area contributed by atoms with Gasteiger partial charge < -0.3 is 14.6 Å². The molecule has 0 amide bonds. The second-order valence-corrected chi connectivity index (χ2v) is 8.60. The topological polar surface area (TPSA) is 63.4 Å². The van der Waals surface area contributed by atoms with Gasteiger partial charge in [0, 0.05) is 16.9 Å². The summed E-state index contributed by atoms with van der Waals surface area (Å²) in [6, 6.07) is 22.0. The van der Waals surface area contributed by atoms with E-state index in [1.807, 2.05) is 66.4 Å². The molecule has 1 unspecified atom stereocenters. The molecule has 6 nitrogen and oxygen atoms in total. The molecule has 4 aromatic rings. The predicted octanol–water partition coefficient (Wildman–Crippen LogP) is 6.06. The lowest BCUT2D eigenvalue weighted by molar-refractivity contribution is 0.404. The van der Waals surface area contributed by atoms with Crippen molar-refractivity contribution in [3.05, 3.63) is 101 Å². The minimum Gasteiger partial charge on any atom is -0.497 e. The number of rotatable bonds is 5. The van der Waals surface area contributed by atoms with E-state index in [0.717, 1.165) is 33.8 Å². The van der Waals surface area contributed by atoms with E-state index < -0.39 is 0 Å². The van der Waals surface area contributed by atoms with Gasteiger partial charge in [0.05, 0.1) is 18.7 Å². The predicted molar refractivity (Wildman–Crippen MR) is 137 cm³/mol. The Labute approximate surface area is 208 Å². The van der Waals surface area contributed by atoms with Crippen molar-refractivity contribution in [2.45, 2.75) is 19.9 Å². The van der Waals surface area contributed by atoms with Gasteiger partial charge in [0.2, 0.25) is 5.82 Å². The first-order chi connectivity index (χ1) is 17.0. The van der Waals surface area contributed by atoms with Crippen LogP contribution in [0.3, 0.4) is 0 Å². The van der Waals surface area contributed by atoms with Crippen LogP contribution in [0.25, 0.3) is 17.0 Å². The summed E-state index contributed by atoms with van der Waals surface area (Å²) in [6.07, 6.45) is 0. The molecular weight excluding hydrogens is 463 g/mol. The summed E-state index contributed by atoms with van der Waals surface area (Å²) in [6.45, 7) is 3.68. The zero-order valence-electron chi connectivity index (χ0n) is 19.4. The number of halogens is 1. The van der Waals surface area contributed by atoms with Crippen LogP contribution in [0, 0.1) is 12.7 Å². The molecule has 0 radical (unpaired) electrons. The monoisotopic (exact) mass is 486 g/mol. The van der Waals surface area contributed by atoms with Crippen LogP contribution in [-0.2, 0) is 0 Å². The van der Waals surface area contributed by atoms with Crippen molar-refractivity contribution in [3.63, 3.8) is 0 Å². The summed E-state index contributed by atoms with van der Waals surface area (Å²) in [5.41, 5.74) is 4.70. The Balaban J connectivity index is 1.63. The van der Waals surface area contributed by atoms with Gasteiger partial charge in [0.25, 0.3) is 5.89 Å². The molecule has 35 heavy (non-hydrogen) atoms. The molecule has 0 fully saturated rings. The van der Waals surface area contributed by atoms with Gasteiger partial charge in [-0.25, -0.2) is 4.39 Å². The van der Waals surface area contributed by atoms with Gasteiger partial charge in [-0.05, 0) is 79.7 Å². The van der Waals surface area contributed by atoms with Crippen molar-refractivity contribution >= 4 is 28.6 Å². The molecule has 2 heterocycles. The fraction of sp³-hybridized carbons (Fsp3) is 0.148. The minimum absolute atomic E-state index is 0.269. The molecule has 176 valence electrons. The van der Waals surface area contributed by atoms with Crippen LogP contribution in [0.2, 0.25) is 0 Å². The number of aryl methyl sites for hydroxylation is 1. The fourth-order valence-corrected chi connectivity index (χ4v) is 4.54. The lowest BCUT2D eigenvalue weighted by Crippen LogP contribution is -2.46. The summed E-state index contributed by atoms with van der Waals surface area (Å²) in [7, 11) is 1.62. The number of benzene rings is 3. The Morgan fingerprint density at radius 2 is 1.77 bits per heavy atom. The molecule has 0 aliphatic carbocycles. The van der Waals surface area contributed by atoms with Crippen molar-refractivity contribution < 1.29 is 13.7 Å². The van der Waals surface area contributed by atoms with E-state index in [4.69, 9.17) is 26.5 Å². The summed E-state index contributed by atoms with van der Waals surface area (Å²) in [5, 5.41) is 8.15. The minimum atomic E-state index is -0.300. The highest BCUT2D eigenvalue weighted by Crippen LogP contribution is 2.39. The molecule has 3 aromatic carbocycles. The van der Waals surface area contributed by atoms with E-state index in [2.05, 4.69) is 10.5 Å². The molecule has 0 bridgehead atoms. The zero-order chi connectivity index (χ0) is 24.5. The zero-order valence-corrected chi connectivity index (χ0v) is 20.3. The number of nitrogens with zero attached hydrogens (tertiary/aromatic N) is 3. The number of ether oxygens (including phenoxy) is 1. The number of methoxy groups -OCH3 is 1. The summed E-state index contributed by atoms with van der Waals surface area (Å²) < 4.78 is 25.0. The number of thiocarbonyl (C=S) groups is 1. The first-order valence-corrected chi connectivity index (χ1v) is 11.5. The van der Waals surface area contributed by atoms with Crippen LogP contribution in [0.1, 0.15) is 30.0 Å². The van der Waals surface area contributed by atoms with E-state index in [1.54, 1.807) is 26.2 Å². The largest absolute Gasteiger partial charge is 0.497 e. The van der Waals surface area contributed by atoms with Crippen molar-refractivity contribution in [2.75, 3.05) is 12.0 Å². The van der Waals surface area contributed by atoms with Crippen LogP contribution in [0.4, 0.5) is 10.1 Å². The van der Waals surface area contributed by atoms with E-state index >= 15 is 0 Å². The molecule has 0 saturated carbocycles. The van der Waals surface area contributed by atoms with Crippen molar-refractivity contribution in [1.29, 1.82) is 0 Å². The Hall–Kier alpha value is -4.04. The number of allylic oxidation sites excluding steroid dienone is 1. The summed E-state index contributed by atoms with van der Waals surface area (Å²) >= 11 is 5.76. The molecule has 1 aliphatic heterocycles. The van der Waals surface area contributed by atoms with Crippen LogP contribution >= 0.6 is 12.2 Å². The Morgan fingerprint density at radius 3 is 2.46 bits per heavy atom. The van der Waals surface area contributed by atoms with Crippen LogP contribution in [0.5, 0.6) is 5.75 Å². The molecule has 1 aliphatic rings. The van der Waals surface area contributed by atoms with Gasteiger partial charge in [0.15, 0.2) is 5.11 Å². The second kappa shape index (κ2) is 9.31. The Morgan fingerprint density at radius 1 is 1.03 bits per heavy atom. The normalized spacial score (nSPS) is 15.8. The molecule has 5 rings (SSSR count). The number of anilines is 1. The smallest absolute Gasteiger partial charge is 0.258 e. The number of hydrogen-bond donors (Lipinski definition) is 1. The maximum atomic E-state index is 14.0. The molecule has 1 N–H and O–H groups in total. The molecule has 0 spiro atoms. The van der Waals surface area contributed by atoms with E-state index in [9.17, 15) is 4.39 Å². The maximum Gasteiger partial charge on any atom is 0.258 e. The van der Waals surface area contributed by atoms with Gasteiger partial charge in [-0.3, -0.25) is 4.90 Å². The quantitative estimate of drug-likeness (QED) is 0.344. The highest BCUT2D eigenvalue weighted by atomic mass is 32.1. The van der Waals surface area contributed by atoms with E-state index in [-0.39, 0.29) is 11.9 Å². The van der Waals surface area contributed by atoms with Crippen molar-refractivity contribution in [1.82, 2.24) is 15.5 Å².